The number of hydrogen-bond donors (Lipinski definition) is 1. The lowest BCUT2D eigenvalue weighted by Crippen LogP contribution is -2.49. The molecule has 2 fully saturated rings. The van der Waals surface area contributed by atoms with Crippen LogP contribution in [0.25, 0.3) is 0 Å². The summed E-state index contributed by atoms with van der Waals surface area (Å²) in [4.78, 5) is 29.0. The number of nitrogens with zero attached hydrogens (tertiary/aromatic N) is 2. The van der Waals surface area contributed by atoms with Crippen LogP contribution in [0, 0.1) is 0 Å². The summed E-state index contributed by atoms with van der Waals surface area (Å²) in [7, 11) is 0. The Balaban J connectivity index is 1.50. The molecule has 1 N–H and O–H groups in total. The first kappa shape index (κ1) is 18.2. The van der Waals surface area contributed by atoms with Gasteiger partial charge < -0.3 is 15.0 Å². The van der Waals surface area contributed by atoms with Gasteiger partial charge in [-0.2, -0.15) is 0 Å². The van der Waals surface area contributed by atoms with Gasteiger partial charge in [-0.3, -0.25) is 14.5 Å². The Labute approximate surface area is 153 Å². The quantitative estimate of drug-likeness (QED) is 0.856. The number of likely N-dealkylation sites (tertiary alicyclic amines) is 1. The molecule has 0 saturated carbocycles. The average Bonchev–Trinajstić information content (AvgIpc) is 3.08. The SMILES string of the molecule is O=C(NCC(=O)N1CCC[C@H]1CN1CCOCC1)c1cccc(Cl)c1. The van der Waals surface area contributed by atoms with E-state index < -0.39 is 0 Å². The average molecular weight is 366 g/mol. The summed E-state index contributed by atoms with van der Waals surface area (Å²) < 4.78 is 5.37. The molecule has 1 aromatic rings. The highest BCUT2D eigenvalue weighted by atomic mass is 35.5. The highest BCUT2D eigenvalue weighted by Gasteiger charge is 2.30. The number of carbonyl (C=O) groups is 2. The van der Waals surface area contributed by atoms with Gasteiger partial charge >= 0.3 is 0 Å². The van der Waals surface area contributed by atoms with Crippen molar-refractivity contribution in [1.82, 2.24) is 15.1 Å². The monoisotopic (exact) mass is 365 g/mol. The summed E-state index contributed by atoms with van der Waals surface area (Å²) in [5.41, 5.74) is 0.464. The van der Waals surface area contributed by atoms with Crippen LogP contribution < -0.4 is 5.32 Å². The molecule has 1 atom stereocenters. The Morgan fingerprint density at radius 2 is 2.04 bits per heavy atom. The van der Waals surface area contributed by atoms with Crippen molar-refractivity contribution in [2.45, 2.75) is 18.9 Å². The van der Waals surface area contributed by atoms with Crippen molar-refractivity contribution in [3.8, 4) is 0 Å². The number of benzene rings is 1. The van der Waals surface area contributed by atoms with Crippen molar-refractivity contribution in [2.75, 3.05) is 45.9 Å². The van der Waals surface area contributed by atoms with Crippen LogP contribution in [0.1, 0.15) is 23.2 Å². The second-order valence-corrected chi connectivity index (χ2v) is 6.93. The summed E-state index contributed by atoms with van der Waals surface area (Å²) in [6, 6.07) is 6.94. The van der Waals surface area contributed by atoms with Crippen molar-refractivity contribution in [3.63, 3.8) is 0 Å². The van der Waals surface area contributed by atoms with Gasteiger partial charge in [0.25, 0.3) is 5.91 Å². The minimum Gasteiger partial charge on any atom is -0.379 e. The van der Waals surface area contributed by atoms with E-state index in [1.165, 1.54) is 0 Å². The molecule has 0 unspecified atom stereocenters. The minimum atomic E-state index is -0.278. The lowest BCUT2D eigenvalue weighted by molar-refractivity contribution is -0.131. The Hall–Kier alpha value is -1.63. The first-order chi connectivity index (χ1) is 12.1. The number of halogens is 1. The molecule has 7 heteroatoms. The molecule has 0 aliphatic carbocycles. The number of nitrogens with one attached hydrogen (secondary N) is 1. The third-order valence-electron chi connectivity index (χ3n) is 4.76. The lowest BCUT2D eigenvalue weighted by atomic mass is 10.2. The summed E-state index contributed by atoms with van der Waals surface area (Å²) >= 11 is 5.90. The third-order valence-corrected chi connectivity index (χ3v) is 4.99. The standard InChI is InChI=1S/C18H24ClN3O3/c19-15-4-1-3-14(11-15)18(24)20-12-17(23)22-6-2-5-16(22)13-21-7-9-25-10-8-21/h1,3-4,11,16H,2,5-10,12-13H2,(H,20,24)/t16-/m0/s1. The van der Waals surface area contributed by atoms with Gasteiger partial charge in [-0.25, -0.2) is 0 Å². The molecule has 0 bridgehead atoms. The minimum absolute atomic E-state index is 0.0188. The van der Waals surface area contributed by atoms with Crippen LogP contribution in [-0.4, -0.2) is 73.6 Å². The molecular formula is C18H24ClN3O3. The zero-order valence-corrected chi connectivity index (χ0v) is 15.0. The molecule has 3 rings (SSSR count). The first-order valence-electron chi connectivity index (χ1n) is 8.77. The van der Waals surface area contributed by atoms with Crippen molar-refractivity contribution in [3.05, 3.63) is 34.9 Å². The highest BCUT2D eigenvalue weighted by molar-refractivity contribution is 6.30. The van der Waals surface area contributed by atoms with Gasteiger partial charge in [0.2, 0.25) is 5.91 Å². The molecule has 2 heterocycles. The molecule has 0 aromatic heterocycles. The van der Waals surface area contributed by atoms with Crippen LogP contribution in [0.4, 0.5) is 0 Å². The van der Waals surface area contributed by atoms with Crippen LogP contribution in [0.5, 0.6) is 0 Å². The number of morpholine rings is 1. The zero-order chi connectivity index (χ0) is 17.6. The third kappa shape index (κ3) is 4.93. The summed E-state index contributed by atoms with van der Waals surface area (Å²) in [5.74, 6) is -0.300. The molecule has 25 heavy (non-hydrogen) atoms. The van der Waals surface area contributed by atoms with E-state index in [1.54, 1.807) is 24.3 Å². The fraction of sp³-hybridized carbons (Fsp3) is 0.556. The van der Waals surface area contributed by atoms with E-state index in [4.69, 9.17) is 16.3 Å². The van der Waals surface area contributed by atoms with Crippen molar-refractivity contribution in [2.24, 2.45) is 0 Å². The molecule has 6 nitrogen and oxygen atoms in total. The zero-order valence-electron chi connectivity index (χ0n) is 14.2. The van der Waals surface area contributed by atoms with E-state index in [9.17, 15) is 9.59 Å². The molecule has 1 aromatic carbocycles. The topological polar surface area (TPSA) is 61.9 Å². The Morgan fingerprint density at radius 1 is 1.24 bits per heavy atom. The van der Waals surface area contributed by atoms with Crippen LogP contribution in [-0.2, 0) is 9.53 Å². The maximum Gasteiger partial charge on any atom is 0.251 e. The van der Waals surface area contributed by atoms with Gasteiger partial charge in [-0.05, 0) is 31.0 Å². The van der Waals surface area contributed by atoms with Crippen molar-refractivity contribution < 1.29 is 14.3 Å². The second kappa shape index (κ2) is 8.65. The predicted octanol–water partition coefficient (Wildman–Crippen LogP) is 1.39. The molecule has 0 spiro atoms. The van der Waals surface area contributed by atoms with Gasteiger partial charge in [0.1, 0.15) is 0 Å². The highest BCUT2D eigenvalue weighted by Crippen LogP contribution is 2.19. The van der Waals surface area contributed by atoms with E-state index in [0.29, 0.717) is 10.6 Å². The van der Waals surface area contributed by atoms with Gasteiger partial charge in [-0.15, -0.1) is 0 Å². The van der Waals surface area contributed by atoms with Crippen LogP contribution in [0.2, 0.25) is 5.02 Å². The number of rotatable bonds is 5. The molecular weight excluding hydrogens is 342 g/mol. The second-order valence-electron chi connectivity index (χ2n) is 6.49. The summed E-state index contributed by atoms with van der Waals surface area (Å²) in [6.45, 7) is 5.03. The number of carbonyl (C=O) groups excluding carboxylic acids is 2. The molecule has 0 radical (unpaired) electrons. The maximum absolute atomic E-state index is 12.5. The summed E-state index contributed by atoms with van der Waals surface area (Å²) in [6.07, 6.45) is 2.04. The Kier molecular flexibility index (Phi) is 6.29. The van der Waals surface area contributed by atoms with E-state index in [2.05, 4.69) is 10.2 Å². The normalized spacial score (nSPS) is 21.3. The predicted molar refractivity (Wildman–Crippen MR) is 95.8 cm³/mol. The van der Waals surface area contributed by atoms with Crippen LogP contribution in [0.3, 0.4) is 0 Å². The molecule has 2 aliphatic rings. The van der Waals surface area contributed by atoms with E-state index in [1.807, 2.05) is 4.90 Å². The van der Waals surface area contributed by atoms with Crippen LogP contribution in [0.15, 0.2) is 24.3 Å². The Bertz CT molecular complexity index is 619. The lowest BCUT2D eigenvalue weighted by Gasteiger charge is -2.33. The largest absolute Gasteiger partial charge is 0.379 e. The van der Waals surface area contributed by atoms with Gasteiger partial charge in [-0.1, -0.05) is 17.7 Å². The van der Waals surface area contributed by atoms with Gasteiger partial charge in [0.05, 0.1) is 19.8 Å². The fourth-order valence-corrected chi connectivity index (χ4v) is 3.62. The molecule has 2 aliphatic heterocycles. The number of amides is 2. The van der Waals surface area contributed by atoms with E-state index in [0.717, 1.165) is 52.2 Å². The molecule has 2 amide bonds. The fourth-order valence-electron chi connectivity index (χ4n) is 3.42. The van der Waals surface area contributed by atoms with Gasteiger partial charge in [0, 0.05) is 42.8 Å². The van der Waals surface area contributed by atoms with Crippen molar-refractivity contribution >= 4 is 23.4 Å². The maximum atomic E-state index is 12.5. The Morgan fingerprint density at radius 3 is 2.80 bits per heavy atom. The smallest absolute Gasteiger partial charge is 0.251 e. The van der Waals surface area contributed by atoms with E-state index >= 15 is 0 Å². The van der Waals surface area contributed by atoms with Crippen LogP contribution >= 0.6 is 11.6 Å². The van der Waals surface area contributed by atoms with E-state index in [-0.39, 0.29) is 24.4 Å². The number of hydrogen-bond acceptors (Lipinski definition) is 4. The molecule has 2 saturated heterocycles. The number of ether oxygens (including phenoxy) is 1. The van der Waals surface area contributed by atoms with Gasteiger partial charge in [0.15, 0.2) is 0 Å². The first-order valence-corrected chi connectivity index (χ1v) is 9.14. The summed E-state index contributed by atoms with van der Waals surface area (Å²) in [5, 5.41) is 3.21. The van der Waals surface area contributed by atoms with Crippen molar-refractivity contribution in [1.29, 1.82) is 0 Å². The molecule has 136 valence electrons.